The number of imidazole rings is 1. The predicted molar refractivity (Wildman–Crippen MR) is 86.1 cm³/mol. The third-order valence-corrected chi connectivity index (χ3v) is 4.72. The molecule has 6 nitrogen and oxygen atoms in total. The van der Waals surface area contributed by atoms with Crippen LogP contribution in [0.1, 0.15) is 50.4 Å². The highest BCUT2D eigenvalue weighted by atomic mass is 16.5. The molecule has 3 heterocycles. The minimum absolute atomic E-state index is 0.0353. The van der Waals surface area contributed by atoms with Gasteiger partial charge in [0.05, 0.1) is 6.33 Å². The molecule has 0 bridgehead atoms. The van der Waals surface area contributed by atoms with Gasteiger partial charge in [-0.2, -0.15) is 4.98 Å². The summed E-state index contributed by atoms with van der Waals surface area (Å²) in [6, 6.07) is 0.240. The van der Waals surface area contributed by atoms with Crippen LogP contribution in [0.15, 0.2) is 35.9 Å². The van der Waals surface area contributed by atoms with E-state index in [1.165, 1.54) is 0 Å². The Morgan fingerprint density at radius 3 is 2.96 bits per heavy atom. The summed E-state index contributed by atoms with van der Waals surface area (Å²) in [5.74, 6) is 1.51. The molecule has 1 fully saturated rings. The molecule has 1 saturated heterocycles. The maximum atomic E-state index is 5.53. The van der Waals surface area contributed by atoms with Crippen LogP contribution in [0, 0.1) is 0 Å². The molecule has 6 heteroatoms. The Morgan fingerprint density at radius 2 is 2.26 bits per heavy atom. The zero-order chi connectivity index (χ0) is 16.1. The number of ether oxygens (including phenoxy) is 1. The van der Waals surface area contributed by atoms with Crippen molar-refractivity contribution in [1.82, 2.24) is 19.7 Å². The molecule has 0 saturated carbocycles. The third-order valence-electron chi connectivity index (χ3n) is 4.72. The second-order valence-corrected chi connectivity index (χ2v) is 6.29. The van der Waals surface area contributed by atoms with Crippen molar-refractivity contribution in [3.63, 3.8) is 0 Å². The Bertz CT molecular complexity index is 614. The van der Waals surface area contributed by atoms with Crippen molar-refractivity contribution >= 4 is 0 Å². The van der Waals surface area contributed by atoms with Crippen molar-refractivity contribution < 1.29 is 9.26 Å². The van der Waals surface area contributed by atoms with Crippen molar-refractivity contribution in [3.05, 3.63) is 43.1 Å². The maximum absolute atomic E-state index is 5.53. The molecule has 1 atom stereocenters. The number of aromatic nitrogens is 4. The number of nitrogens with zero attached hydrogens (tertiary/aromatic N) is 4. The quantitative estimate of drug-likeness (QED) is 0.734. The second-order valence-electron chi connectivity index (χ2n) is 6.29. The van der Waals surface area contributed by atoms with E-state index in [2.05, 4.69) is 23.6 Å². The van der Waals surface area contributed by atoms with Gasteiger partial charge in [-0.3, -0.25) is 0 Å². The van der Waals surface area contributed by atoms with Crippen molar-refractivity contribution in [2.75, 3.05) is 13.2 Å². The molecule has 1 aliphatic heterocycles. The summed E-state index contributed by atoms with van der Waals surface area (Å²) in [5.41, 5.74) is -0.0353. The normalized spacial score (nSPS) is 18.7. The van der Waals surface area contributed by atoms with Crippen LogP contribution in [0.3, 0.4) is 0 Å². The monoisotopic (exact) mass is 316 g/mol. The summed E-state index contributed by atoms with van der Waals surface area (Å²) in [4.78, 5) is 8.79. The summed E-state index contributed by atoms with van der Waals surface area (Å²) in [5, 5.41) is 4.30. The smallest absolute Gasteiger partial charge is 0.228 e. The number of rotatable bonds is 7. The van der Waals surface area contributed by atoms with Gasteiger partial charge in [-0.25, -0.2) is 4.98 Å². The highest BCUT2D eigenvalue weighted by molar-refractivity contribution is 5.09. The van der Waals surface area contributed by atoms with Crippen molar-refractivity contribution in [3.8, 4) is 0 Å². The van der Waals surface area contributed by atoms with Gasteiger partial charge in [0.25, 0.3) is 0 Å². The Balaban J connectivity index is 1.74. The summed E-state index contributed by atoms with van der Waals surface area (Å²) < 4.78 is 13.1. The van der Waals surface area contributed by atoms with Gasteiger partial charge in [0.2, 0.25) is 5.89 Å². The molecule has 3 rings (SSSR count). The summed E-state index contributed by atoms with van der Waals surface area (Å²) >= 11 is 0. The van der Waals surface area contributed by atoms with Crippen LogP contribution >= 0.6 is 0 Å². The van der Waals surface area contributed by atoms with E-state index in [1.54, 1.807) is 6.20 Å². The van der Waals surface area contributed by atoms with Gasteiger partial charge >= 0.3 is 0 Å². The summed E-state index contributed by atoms with van der Waals surface area (Å²) in [7, 11) is 0. The molecule has 124 valence electrons. The first-order valence-electron chi connectivity index (χ1n) is 8.23. The highest BCUT2D eigenvalue weighted by Crippen LogP contribution is 2.37. The second kappa shape index (κ2) is 7.08. The molecule has 0 amide bonds. The van der Waals surface area contributed by atoms with E-state index in [9.17, 15) is 0 Å². The number of hydrogen-bond donors (Lipinski definition) is 0. The average molecular weight is 316 g/mol. The topological polar surface area (TPSA) is 66.0 Å². The molecule has 1 unspecified atom stereocenters. The van der Waals surface area contributed by atoms with Gasteiger partial charge in [-0.1, -0.05) is 11.2 Å². The van der Waals surface area contributed by atoms with E-state index in [1.807, 2.05) is 23.2 Å². The van der Waals surface area contributed by atoms with Gasteiger partial charge < -0.3 is 13.8 Å². The Kier molecular flexibility index (Phi) is 4.91. The molecule has 0 radical (unpaired) electrons. The van der Waals surface area contributed by atoms with E-state index in [4.69, 9.17) is 14.2 Å². The molecule has 1 aliphatic rings. The van der Waals surface area contributed by atoms with Crippen LogP contribution in [-0.2, 0) is 16.6 Å². The Labute approximate surface area is 136 Å². The van der Waals surface area contributed by atoms with E-state index in [0.717, 1.165) is 44.7 Å². The van der Waals surface area contributed by atoms with E-state index < -0.39 is 0 Å². The van der Waals surface area contributed by atoms with Crippen LogP contribution in [0.25, 0.3) is 0 Å². The molecule has 0 spiro atoms. The lowest BCUT2D eigenvalue weighted by Gasteiger charge is -2.34. The van der Waals surface area contributed by atoms with Gasteiger partial charge in [-0.15, -0.1) is 6.58 Å². The van der Waals surface area contributed by atoms with Gasteiger partial charge in [-0.05, 0) is 32.6 Å². The summed E-state index contributed by atoms with van der Waals surface area (Å²) in [6.07, 6.45) is 12.0. The van der Waals surface area contributed by atoms with Crippen molar-refractivity contribution in [2.45, 2.75) is 50.5 Å². The first-order chi connectivity index (χ1) is 11.2. The molecule has 23 heavy (non-hydrogen) atoms. The standard InChI is InChI=1S/C17H24N4O2/c1-3-4-5-17(6-10-22-11-7-17)16-19-15(23-20-16)12-14(2)21-9-8-18-13-21/h3,8-9,13-14H,1,4-7,10-12H2,2H3. The number of allylic oxidation sites excluding steroid dienone is 1. The van der Waals surface area contributed by atoms with E-state index in [0.29, 0.717) is 12.3 Å². The molecule has 2 aromatic heterocycles. The molecule has 0 aliphatic carbocycles. The Hall–Kier alpha value is -1.95. The first kappa shape index (κ1) is 15.9. The molecule has 2 aromatic rings. The van der Waals surface area contributed by atoms with Crippen LogP contribution in [0.2, 0.25) is 0 Å². The van der Waals surface area contributed by atoms with E-state index in [-0.39, 0.29) is 11.5 Å². The van der Waals surface area contributed by atoms with Gasteiger partial charge in [0.1, 0.15) is 0 Å². The minimum atomic E-state index is -0.0353. The SMILES string of the molecule is C=CCCC1(c2noc(CC(C)n3ccnc3)n2)CCOCC1. The van der Waals surface area contributed by atoms with Crippen molar-refractivity contribution in [2.24, 2.45) is 0 Å². The first-order valence-corrected chi connectivity index (χ1v) is 8.23. The maximum Gasteiger partial charge on any atom is 0.228 e. The van der Waals surface area contributed by atoms with Crippen LogP contribution in [0.4, 0.5) is 0 Å². The molecular formula is C17H24N4O2. The van der Waals surface area contributed by atoms with Crippen LogP contribution < -0.4 is 0 Å². The van der Waals surface area contributed by atoms with E-state index >= 15 is 0 Å². The predicted octanol–water partition coefficient (Wildman–Crippen LogP) is 3.08. The fourth-order valence-electron chi connectivity index (χ4n) is 3.17. The fourth-order valence-corrected chi connectivity index (χ4v) is 3.17. The zero-order valence-electron chi connectivity index (χ0n) is 13.6. The third kappa shape index (κ3) is 3.52. The lowest BCUT2D eigenvalue weighted by Crippen LogP contribution is -2.35. The van der Waals surface area contributed by atoms with Crippen LogP contribution in [-0.4, -0.2) is 32.9 Å². The fraction of sp³-hybridized carbons (Fsp3) is 0.588. The lowest BCUT2D eigenvalue weighted by molar-refractivity contribution is 0.0430. The van der Waals surface area contributed by atoms with Gasteiger partial charge in [0, 0.05) is 43.5 Å². The molecular weight excluding hydrogens is 292 g/mol. The molecule has 0 N–H and O–H groups in total. The lowest BCUT2D eigenvalue weighted by atomic mass is 9.75. The number of hydrogen-bond acceptors (Lipinski definition) is 5. The van der Waals surface area contributed by atoms with Gasteiger partial charge in [0.15, 0.2) is 5.82 Å². The van der Waals surface area contributed by atoms with Crippen molar-refractivity contribution in [1.29, 1.82) is 0 Å². The largest absolute Gasteiger partial charge is 0.381 e. The average Bonchev–Trinajstić information content (AvgIpc) is 3.25. The minimum Gasteiger partial charge on any atom is -0.381 e. The molecule has 0 aromatic carbocycles. The van der Waals surface area contributed by atoms with Crippen LogP contribution in [0.5, 0.6) is 0 Å². The highest BCUT2D eigenvalue weighted by Gasteiger charge is 2.38. The Morgan fingerprint density at radius 1 is 1.43 bits per heavy atom. The zero-order valence-corrected chi connectivity index (χ0v) is 13.6. The summed E-state index contributed by atoms with van der Waals surface area (Å²) in [6.45, 7) is 7.47.